The van der Waals surface area contributed by atoms with Gasteiger partial charge in [-0.05, 0) is 59.8 Å². The lowest BCUT2D eigenvalue weighted by Crippen LogP contribution is -2.24. The van der Waals surface area contributed by atoms with Crippen molar-refractivity contribution < 1.29 is 9.90 Å². The van der Waals surface area contributed by atoms with Gasteiger partial charge in [0.15, 0.2) is 5.78 Å². The van der Waals surface area contributed by atoms with Crippen molar-refractivity contribution in [1.82, 2.24) is 0 Å². The smallest absolute Gasteiger partial charge is 0.159 e. The van der Waals surface area contributed by atoms with Crippen LogP contribution in [0.4, 0.5) is 5.69 Å². The monoisotopic (exact) mass is 323 g/mol. The Balaban J connectivity index is 1.82. The number of rotatable bonds is 2. The maximum atomic E-state index is 11.4. The summed E-state index contributed by atoms with van der Waals surface area (Å²) in [6.45, 7) is 3.52. The Hall–Kier alpha value is -0.870. The number of anilines is 1. The predicted molar refractivity (Wildman–Crippen MR) is 78.6 cm³/mol. The third kappa shape index (κ3) is 2.32. The number of carbonyl (C=O) groups excluding carboxylic acids is 1. The quantitative estimate of drug-likeness (QED) is 0.851. The van der Waals surface area contributed by atoms with Crippen LogP contribution in [0.25, 0.3) is 0 Å². The van der Waals surface area contributed by atoms with Gasteiger partial charge in [-0.15, -0.1) is 0 Å². The number of aliphatic hydroxyl groups is 1. The summed E-state index contributed by atoms with van der Waals surface area (Å²) >= 11 is 3.56. The molecule has 1 heterocycles. The number of halogens is 1. The van der Waals surface area contributed by atoms with E-state index in [1.165, 1.54) is 0 Å². The molecule has 1 aromatic rings. The number of nitrogens with zero attached hydrogens (tertiary/aromatic N) is 1. The van der Waals surface area contributed by atoms with Crippen molar-refractivity contribution in [2.75, 3.05) is 18.0 Å². The Morgan fingerprint density at radius 1 is 1.37 bits per heavy atom. The van der Waals surface area contributed by atoms with Gasteiger partial charge in [0.25, 0.3) is 0 Å². The minimum atomic E-state index is -0.134. The summed E-state index contributed by atoms with van der Waals surface area (Å²) in [4.78, 5) is 13.7. The maximum absolute atomic E-state index is 11.4. The minimum Gasteiger partial charge on any atom is -0.393 e. The summed E-state index contributed by atoms with van der Waals surface area (Å²) in [7, 11) is 0. The summed E-state index contributed by atoms with van der Waals surface area (Å²) < 4.78 is 0.967. The molecule has 0 spiro atoms. The molecular weight excluding hydrogens is 306 g/mol. The molecule has 102 valence electrons. The maximum Gasteiger partial charge on any atom is 0.159 e. The zero-order valence-electron chi connectivity index (χ0n) is 11.0. The summed E-state index contributed by atoms with van der Waals surface area (Å²) in [5.41, 5.74) is 1.86. The molecule has 0 bridgehead atoms. The highest BCUT2D eigenvalue weighted by Gasteiger charge is 2.42. The standard InChI is InChI=1S/C15H18BrNO2/c1-9(18)10-2-4-14(13(16)6-10)17-7-11-3-5-15(19)12(11)8-17/h2,4,6,11-12,15,19H,3,5,7-8H2,1H3. The SMILES string of the molecule is CC(=O)c1ccc(N2CC3CCC(O)C3C2)c(Br)c1. The summed E-state index contributed by atoms with van der Waals surface area (Å²) in [6, 6.07) is 5.78. The number of benzene rings is 1. The van der Waals surface area contributed by atoms with Gasteiger partial charge in [0.05, 0.1) is 11.8 Å². The van der Waals surface area contributed by atoms with Gasteiger partial charge in [-0.1, -0.05) is 0 Å². The van der Waals surface area contributed by atoms with Gasteiger partial charge in [-0.3, -0.25) is 4.79 Å². The highest BCUT2D eigenvalue weighted by Crippen LogP contribution is 2.41. The highest BCUT2D eigenvalue weighted by molar-refractivity contribution is 9.10. The molecule has 3 atom stereocenters. The Morgan fingerprint density at radius 3 is 2.79 bits per heavy atom. The molecule has 1 N–H and O–H groups in total. The average Bonchev–Trinajstić information content (AvgIpc) is 2.92. The molecule has 1 aliphatic heterocycles. The number of aliphatic hydroxyl groups excluding tert-OH is 1. The summed E-state index contributed by atoms with van der Waals surface area (Å²) in [5.74, 6) is 1.12. The zero-order chi connectivity index (χ0) is 13.6. The second kappa shape index (κ2) is 4.91. The largest absolute Gasteiger partial charge is 0.393 e. The van der Waals surface area contributed by atoms with Gasteiger partial charge >= 0.3 is 0 Å². The third-order valence-electron chi connectivity index (χ3n) is 4.51. The molecule has 2 fully saturated rings. The molecule has 4 heteroatoms. The lowest BCUT2D eigenvalue weighted by atomic mass is 10.00. The summed E-state index contributed by atoms with van der Waals surface area (Å²) in [6.07, 6.45) is 1.95. The van der Waals surface area contributed by atoms with Gasteiger partial charge in [0.2, 0.25) is 0 Å². The molecule has 3 rings (SSSR count). The molecule has 3 nitrogen and oxygen atoms in total. The first-order chi connectivity index (χ1) is 9.06. The first kappa shape index (κ1) is 13.1. The summed E-state index contributed by atoms with van der Waals surface area (Å²) in [5, 5.41) is 9.97. The number of hydrogen-bond donors (Lipinski definition) is 1. The third-order valence-corrected chi connectivity index (χ3v) is 5.15. The number of ketones is 1. The normalized spacial score (nSPS) is 29.6. The van der Waals surface area contributed by atoms with Crippen LogP contribution in [0.15, 0.2) is 22.7 Å². The van der Waals surface area contributed by atoms with E-state index in [9.17, 15) is 9.90 Å². The lowest BCUT2D eigenvalue weighted by molar-refractivity contribution is 0.101. The van der Waals surface area contributed by atoms with Crippen LogP contribution in [0.1, 0.15) is 30.1 Å². The lowest BCUT2D eigenvalue weighted by Gasteiger charge is -2.22. The fourth-order valence-corrected chi connectivity index (χ4v) is 4.05. The van der Waals surface area contributed by atoms with Gasteiger partial charge in [-0.25, -0.2) is 0 Å². The van der Waals surface area contributed by atoms with Gasteiger partial charge in [0, 0.05) is 29.0 Å². The van der Waals surface area contributed by atoms with E-state index in [2.05, 4.69) is 20.8 Å². The molecule has 0 radical (unpaired) electrons. The van der Waals surface area contributed by atoms with Crippen LogP contribution in [0.3, 0.4) is 0 Å². The minimum absolute atomic E-state index is 0.0842. The molecular formula is C15H18BrNO2. The van der Waals surface area contributed by atoms with E-state index in [-0.39, 0.29) is 11.9 Å². The van der Waals surface area contributed by atoms with Crippen LogP contribution in [0.2, 0.25) is 0 Å². The zero-order valence-corrected chi connectivity index (χ0v) is 12.6. The van der Waals surface area contributed by atoms with E-state index < -0.39 is 0 Å². The second-order valence-electron chi connectivity index (χ2n) is 5.70. The predicted octanol–water partition coefficient (Wildman–Crippen LogP) is 2.86. The van der Waals surface area contributed by atoms with E-state index >= 15 is 0 Å². The van der Waals surface area contributed by atoms with E-state index in [0.29, 0.717) is 11.8 Å². The molecule has 3 unspecified atom stereocenters. The molecule has 0 aromatic heterocycles. The fourth-order valence-electron chi connectivity index (χ4n) is 3.42. The van der Waals surface area contributed by atoms with Crippen molar-refractivity contribution >= 4 is 27.4 Å². The van der Waals surface area contributed by atoms with Crippen LogP contribution in [-0.2, 0) is 0 Å². The molecule has 1 aliphatic carbocycles. The van der Waals surface area contributed by atoms with Gasteiger partial charge < -0.3 is 10.0 Å². The van der Waals surface area contributed by atoms with Crippen LogP contribution >= 0.6 is 15.9 Å². The van der Waals surface area contributed by atoms with E-state index in [1.807, 2.05) is 18.2 Å². The molecule has 0 amide bonds. The Bertz CT molecular complexity index is 517. The van der Waals surface area contributed by atoms with Crippen LogP contribution in [-0.4, -0.2) is 30.1 Å². The molecule has 19 heavy (non-hydrogen) atoms. The highest BCUT2D eigenvalue weighted by atomic mass is 79.9. The Labute approximate surface area is 121 Å². The Morgan fingerprint density at radius 2 is 2.16 bits per heavy atom. The van der Waals surface area contributed by atoms with Crippen molar-refractivity contribution in [1.29, 1.82) is 0 Å². The van der Waals surface area contributed by atoms with E-state index in [4.69, 9.17) is 0 Å². The first-order valence-electron chi connectivity index (χ1n) is 6.80. The second-order valence-corrected chi connectivity index (χ2v) is 6.55. The molecule has 1 aromatic carbocycles. The van der Waals surface area contributed by atoms with E-state index in [0.717, 1.165) is 41.7 Å². The number of Topliss-reactive ketones (excluding diaryl/α,β-unsaturated/α-hetero) is 1. The van der Waals surface area contributed by atoms with Crippen LogP contribution in [0.5, 0.6) is 0 Å². The van der Waals surface area contributed by atoms with Crippen molar-refractivity contribution in [2.24, 2.45) is 11.8 Å². The number of hydrogen-bond acceptors (Lipinski definition) is 3. The fraction of sp³-hybridized carbons (Fsp3) is 0.533. The number of fused-ring (bicyclic) bond motifs is 1. The van der Waals surface area contributed by atoms with Crippen molar-refractivity contribution in [3.05, 3.63) is 28.2 Å². The number of carbonyl (C=O) groups is 1. The first-order valence-corrected chi connectivity index (χ1v) is 7.59. The van der Waals surface area contributed by atoms with Gasteiger partial charge in [-0.2, -0.15) is 0 Å². The molecule has 1 saturated heterocycles. The molecule has 2 aliphatic rings. The molecule has 1 saturated carbocycles. The van der Waals surface area contributed by atoms with Crippen molar-refractivity contribution in [2.45, 2.75) is 25.9 Å². The van der Waals surface area contributed by atoms with E-state index in [1.54, 1.807) is 6.92 Å². The topological polar surface area (TPSA) is 40.5 Å². The average molecular weight is 324 g/mol. The van der Waals surface area contributed by atoms with Crippen LogP contribution in [0, 0.1) is 11.8 Å². The van der Waals surface area contributed by atoms with Gasteiger partial charge in [0.1, 0.15) is 0 Å². The Kier molecular flexibility index (Phi) is 3.39. The van der Waals surface area contributed by atoms with Crippen molar-refractivity contribution in [3.63, 3.8) is 0 Å². The van der Waals surface area contributed by atoms with Crippen LogP contribution < -0.4 is 4.90 Å². The van der Waals surface area contributed by atoms with Crippen molar-refractivity contribution in [3.8, 4) is 0 Å².